The molecule has 0 bridgehead atoms. The number of halogens is 1. The van der Waals surface area contributed by atoms with Gasteiger partial charge in [0.1, 0.15) is 17.3 Å². The summed E-state index contributed by atoms with van der Waals surface area (Å²) in [6.07, 6.45) is 0. The van der Waals surface area contributed by atoms with Crippen molar-refractivity contribution in [1.82, 2.24) is 15.1 Å². The smallest absolute Gasteiger partial charge is 0.292 e. The highest BCUT2D eigenvalue weighted by molar-refractivity contribution is 6.43. The van der Waals surface area contributed by atoms with Gasteiger partial charge in [0.25, 0.3) is 11.7 Å². The number of Topliss-reactive ketones (excluding diaryl/α,β-unsaturated/α-hetero) is 1. The minimum atomic E-state index is -0.675. The van der Waals surface area contributed by atoms with Gasteiger partial charge in [0.05, 0.1) is 11.3 Å². The van der Waals surface area contributed by atoms with E-state index in [-0.39, 0.29) is 12.4 Å². The molecule has 1 N–H and O–H groups in total. The Bertz CT molecular complexity index is 1010. The van der Waals surface area contributed by atoms with Crippen molar-refractivity contribution in [3.05, 3.63) is 76.9 Å². The maximum Gasteiger partial charge on any atom is 0.292 e. The van der Waals surface area contributed by atoms with E-state index in [2.05, 4.69) is 10.4 Å². The van der Waals surface area contributed by atoms with Crippen LogP contribution in [-0.2, 0) is 18.4 Å². The first kappa shape index (κ1) is 19.3. The number of carbonyl (C=O) groups excluding carboxylic acids is 2. The number of nitrogens with one attached hydrogen (secondary N) is 1. The van der Waals surface area contributed by atoms with E-state index in [4.69, 9.17) is 4.74 Å². The molecule has 3 rings (SSSR count). The molecule has 0 fully saturated rings. The van der Waals surface area contributed by atoms with Gasteiger partial charge in [-0.15, -0.1) is 0 Å². The summed E-state index contributed by atoms with van der Waals surface area (Å²) < 4.78 is 20.1. The number of carbonyl (C=O) groups is 2. The summed E-state index contributed by atoms with van der Waals surface area (Å²) in [5.74, 6) is -0.496. The Hall–Kier alpha value is -3.48. The van der Waals surface area contributed by atoms with Gasteiger partial charge in [-0.25, -0.2) is 4.39 Å². The van der Waals surface area contributed by atoms with E-state index in [0.29, 0.717) is 28.5 Å². The summed E-state index contributed by atoms with van der Waals surface area (Å²) in [7, 11) is 1.73. The highest BCUT2D eigenvalue weighted by Crippen LogP contribution is 2.22. The lowest BCUT2D eigenvalue weighted by Gasteiger charge is -2.08. The molecule has 2 aromatic carbocycles. The van der Waals surface area contributed by atoms with Gasteiger partial charge < -0.3 is 10.1 Å². The topological polar surface area (TPSA) is 73.2 Å². The summed E-state index contributed by atoms with van der Waals surface area (Å²) in [5.41, 5.74) is 2.33. The summed E-state index contributed by atoms with van der Waals surface area (Å²) in [5, 5.41) is 6.79. The SMILES string of the molecule is Cc1nn(C)c(C)c1C(=O)C(=O)NCc1ccc(Oc2ccc(F)cc2)cc1. The Labute approximate surface area is 161 Å². The molecule has 0 atom stereocenters. The number of benzene rings is 2. The van der Waals surface area contributed by atoms with Crippen molar-refractivity contribution in [3.63, 3.8) is 0 Å². The van der Waals surface area contributed by atoms with E-state index < -0.39 is 11.7 Å². The number of hydrogen-bond acceptors (Lipinski definition) is 4. The first-order valence-electron chi connectivity index (χ1n) is 8.70. The second-order valence-corrected chi connectivity index (χ2v) is 6.38. The van der Waals surface area contributed by atoms with Gasteiger partial charge >= 0.3 is 0 Å². The molecule has 0 unspecified atom stereocenters. The molecule has 0 aliphatic carbocycles. The van der Waals surface area contributed by atoms with E-state index in [0.717, 1.165) is 5.56 Å². The van der Waals surface area contributed by atoms with Crippen LogP contribution in [-0.4, -0.2) is 21.5 Å². The van der Waals surface area contributed by atoms with Crippen LogP contribution in [0.15, 0.2) is 48.5 Å². The van der Waals surface area contributed by atoms with Crippen molar-refractivity contribution in [2.75, 3.05) is 0 Å². The lowest BCUT2D eigenvalue weighted by molar-refractivity contribution is -0.117. The molecule has 0 spiro atoms. The number of nitrogens with zero attached hydrogens (tertiary/aromatic N) is 2. The molecule has 7 heteroatoms. The van der Waals surface area contributed by atoms with Crippen LogP contribution in [0.2, 0.25) is 0 Å². The molecule has 0 radical (unpaired) electrons. The zero-order valence-corrected chi connectivity index (χ0v) is 15.8. The summed E-state index contributed by atoms with van der Waals surface area (Å²) in [6.45, 7) is 3.66. The fourth-order valence-corrected chi connectivity index (χ4v) is 2.79. The minimum Gasteiger partial charge on any atom is -0.457 e. The lowest BCUT2D eigenvalue weighted by Crippen LogP contribution is -2.31. The summed E-state index contributed by atoms with van der Waals surface area (Å²) in [4.78, 5) is 24.6. The monoisotopic (exact) mass is 381 g/mol. The number of amides is 1. The zero-order chi connectivity index (χ0) is 20.3. The van der Waals surface area contributed by atoms with E-state index in [9.17, 15) is 14.0 Å². The van der Waals surface area contributed by atoms with Crippen LogP contribution in [0.5, 0.6) is 11.5 Å². The highest BCUT2D eigenvalue weighted by Gasteiger charge is 2.23. The number of hydrogen-bond donors (Lipinski definition) is 1. The molecule has 3 aromatic rings. The maximum atomic E-state index is 12.9. The largest absolute Gasteiger partial charge is 0.457 e. The molecule has 144 valence electrons. The van der Waals surface area contributed by atoms with Crippen LogP contribution in [0.25, 0.3) is 0 Å². The average molecular weight is 381 g/mol. The first-order valence-corrected chi connectivity index (χ1v) is 8.70. The van der Waals surface area contributed by atoms with Crippen molar-refractivity contribution in [3.8, 4) is 11.5 Å². The molecule has 0 aliphatic heterocycles. The molecule has 6 nitrogen and oxygen atoms in total. The van der Waals surface area contributed by atoms with Crippen LogP contribution in [0.4, 0.5) is 4.39 Å². The van der Waals surface area contributed by atoms with Gasteiger partial charge in [-0.2, -0.15) is 5.10 Å². The fourth-order valence-electron chi connectivity index (χ4n) is 2.79. The Balaban J connectivity index is 1.59. The molecule has 1 aromatic heterocycles. The minimum absolute atomic E-state index is 0.208. The molecular weight excluding hydrogens is 361 g/mol. The Morgan fingerprint density at radius 3 is 2.14 bits per heavy atom. The highest BCUT2D eigenvalue weighted by atomic mass is 19.1. The molecule has 1 amide bonds. The first-order chi connectivity index (χ1) is 13.3. The molecular formula is C21H20FN3O3. The number of ketones is 1. The Morgan fingerprint density at radius 1 is 1.04 bits per heavy atom. The third-order valence-electron chi connectivity index (χ3n) is 4.37. The third-order valence-corrected chi connectivity index (χ3v) is 4.37. The van der Waals surface area contributed by atoms with Crippen molar-refractivity contribution in [2.24, 2.45) is 7.05 Å². The number of aryl methyl sites for hydroxylation is 2. The van der Waals surface area contributed by atoms with Crippen LogP contribution in [0.3, 0.4) is 0 Å². The molecule has 28 heavy (non-hydrogen) atoms. The van der Waals surface area contributed by atoms with E-state index >= 15 is 0 Å². The van der Waals surface area contributed by atoms with Gasteiger partial charge in [0.2, 0.25) is 0 Å². The molecule has 1 heterocycles. The number of rotatable bonds is 6. The van der Waals surface area contributed by atoms with Crippen molar-refractivity contribution >= 4 is 11.7 Å². The van der Waals surface area contributed by atoms with Gasteiger partial charge in [-0.05, 0) is 55.8 Å². The second-order valence-electron chi connectivity index (χ2n) is 6.38. The van der Waals surface area contributed by atoms with Crippen LogP contribution < -0.4 is 10.1 Å². The maximum absolute atomic E-state index is 12.9. The second kappa shape index (κ2) is 8.04. The van der Waals surface area contributed by atoms with E-state index in [1.807, 2.05) is 0 Å². The van der Waals surface area contributed by atoms with Gasteiger partial charge in [0, 0.05) is 19.3 Å². The molecule has 0 aliphatic rings. The average Bonchev–Trinajstić information content (AvgIpc) is 2.94. The number of aromatic nitrogens is 2. The van der Waals surface area contributed by atoms with Gasteiger partial charge in [-0.3, -0.25) is 14.3 Å². The quantitative estimate of drug-likeness (QED) is 0.524. The fraction of sp³-hybridized carbons (Fsp3) is 0.190. The number of ether oxygens (including phenoxy) is 1. The molecule has 0 saturated heterocycles. The van der Waals surface area contributed by atoms with Crippen LogP contribution in [0.1, 0.15) is 27.3 Å². The zero-order valence-electron chi connectivity index (χ0n) is 15.8. The Morgan fingerprint density at radius 2 is 1.61 bits per heavy atom. The van der Waals surface area contributed by atoms with Gasteiger partial charge in [-0.1, -0.05) is 12.1 Å². The Kier molecular flexibility index (Phi) is 5.54. The van der Waals surface area contributed by atoms with Crippen LogP contribution >= 0.6 is 0 Å². The summed E-state index contributed by atoms with van der Waals surface area (Å²) >= 11 is 0. The predicted octanol–water partition coefficient (Wildman–Crippen LogP) is 3.47. The predicted molar refractivity (Wildman–Crippen MR) is 102 cm³/mol. The van der Waals surface area contributed by atoms with Crippen molar-refractivity contribution in [1.29, 1.82) is 0 Å². The van der Waals surface area contributed by atoms with E-state index in [1.165, 1.54) is 24.3 Å². The third kappa shape index (κ3) is 4.25. The van der Waals surface area contributed by atoms with E-state index in [1.54, 1.807) is 49.8 Å². The van der Waals surface area contributed by atoms with Gasteiger partial charge in [0.15, 0.2) is 0 Å². The normalized spacial score (nSPS) is 10.6. The standard InChI is InChI=1S/C21H20FN3O3/c1-13-19(14(2)25(3)24-13)20(26)21(27)23-12-15-4-8-17(9-5-15)28-18-10-6-16(22)7-11-18/h4-11H,12H2,1-3H3,(H,23,27). The van der Waals surface area contributed by atoms with Crippen LogP contribution in [0, 0.1) is 19.7 Å². The lowest BCUT2D eigenvalue weighted by atomic mass is 10.1. The van der Waals surface area contributed by atoms with Crippen molar-refractivity contribution in [2.45, 2.75) is 20.4 Å². The molecule has 0 saturated carbocycles. The van der Waals surface area contributed by atoms with Crippen molar-refractivity contribution < 1.29 is 18.7 Å². The summed E-state index contributed by atoms with van der Waals surface area (Å²) in [6, 6.07) is 12.8.